The van der Waals surface area contributed by atoms with Gasteiger partial charge >= 0.3 is 0 Å². The minimum absolute atomic E-state index is 0.0612. The predicted octanol–water partition coefficient (Wildman–Crippen LogP) is 1.83. The lowest BCUT2D eigenvalue weighted by Gasteiger charge is -2.43. The number of hydrogen-bond acceptors (Lipinski definition) is 5. The third-order valence-electron chi connectivity index (χ3n) is 6.36. The highest BCUT2D eigenvalue weighted by Gasteiger charge is 2.78. The van der Waals surface area contributed by atoms with Gasteiger partial charge in [-0.15, -0.1) is 0 Å². The molecule has 1 amide bonds. The summed E-state index contributed by atoms with van der Waals surface area (Å²) < 4.78 is 12.2. The monoisotopic (exact) mass is 360 g/mol. The molecule has 0 unspecified atom stereocenters. The number of carbonyl (C=O) groups excluding carboxylic acids is 1. The zero-order valence-electron chi connectivity index (χ0n) is 13.6. The molecule has 6 atom stereocenters. The Balaban J connectivity index is 1.62. The number of rotatable bonds is 1. The molecule has 0 aliphatic carbocycles. The molecule has 0 aromatic heterocycles. The van der Waals surface area contributed by atoms with Gasteiger partial charge in [-0.1, -0.05) is 11.6 Å². The van der Waals surface area contributed by atoms with Crippen molar-refractivity contribution >= 4 is 23.2 Å². The van der Waals surface area contributed by atoms with E-state index in [1.807, 2.05) is 13.0 Å². The lowest BCUT2D eigenvalue weighted by Crippen LogP contribution is -2.56. The number of aliphatic hydroxyl groups excluding tert-OH is 1. The predicted molar refractivity (Wildman–Crippen MR) is 87.8 cm³/mol. The molecule has 1 spiro atoms. The number of hydrogen-bond donors (Lipinski definition) is 1. The number of nitriles is 1. The first-order valence-electron chi connectivity index (χ1n) is 8.44. The minimum atomic E-state index is -0.705. The second-order valence-electron chi connectivity index (χ2n) is 7.59. The number of anilines is 1. The maximum Gasteiger partial charge on any atom is 0.235 e. The molecule has 0 radical (unpaired) electrons. The highest BCUT2D eigenvalue weighted by molar-refractivity contribution is 6.32. The summed E-state index contributed by atoms with van der Waals surface area (Å²) in [6.07, 6.45) is 0.000110. The van der Waals surface area contributed by atoms with Gasteiger partial charge in [-0.25, -0.2) is 0 Å². The van der Waals surface area contributed by atoms with Crippen molar-refractivity contribution in [2.75, 3.05) is 11.5 Å². The van der Waals surface area contributed by atoms with Gasteiger partial charge in [-0.05, 0) is 25.1 Å². The smallest absolute Gasteiger partial charge is 0.235 e. The summed E-state index contributed by atoms with van der Waals surface area (Å²) in [6, 6.07) is 6.98. The summed E-state index contributed by atoms with van der Waals surface area (Å²) in [4.78, 5) is 14.9. The molecule has 1 aromatic rings. The molecule has 1 aromatic carbocycles. The summed E-state index contributed by atoms with van der Waals surface area (Å²) in [6.45, 7) is 2.34. The molecule has 25 heavy (non-hydrogen) atoms. The van der Waals surface area contributed by atoms with Gasteiger partial charge in [0, 0.05) is 18.5 Å². The summed E-state index contributed by atoms with van der Waals surface area (Å²) in [7, 11) is 0. The van der Waals surface area contributed by atoms with Crippen LogP contribution in [0.3, 0.4) is 0 Å². The molecule has 5 rings (SSSR count). The summed E-state index contributed by atoms with van der Waals surface area (Å²) in [5.74, 6) is -0.596. The molecule has 0 saturated carbocycles. The van der Waals surface area contributed by atoms with E-state index in [0.717, 1.165) is 0 Å². The van der Waals surface area contributed by atoms with Crippen molar-refractivity contribution in [1.29, 1.82) is 5.26 Å². The normalized spacial score (nSPS) is 44.1. The second kappa shape index (κ2) is 4.74. The molecular weight excluding hydrogens is 344 g/mol. The fourth-order valence-corrected chi connectivity index (χ4v) is 5.64. The van der Waals surface area contributed by atoms with Crippen LogP contribution >= 0.6 is 11.6 Å². The van der Waals surface area contributed by atoms with Crippen LogP contribution in [-0.2, 0) is 14.3 Å². The van der Waals surface area contributed by atoms with Crippen molar-refractivity contribution < 1.29 is 19.4 Å². The van der Waals surface area contributed by atoms with Crippen LogP contribution < -0.4 is 4.90 Å². The Morgan fingerprint density at radius 3 is 3.00 bits per heavy atom. The van der Waals surface area contributed by atoms with E-state index in [1.54, 1.807) is 23.1 Å². The third-order valence-corrected chi connectivity index (χ3v) is 6.68. The van der Waals surface area contributed by atoms with Crippen molar-refractivity contribution in [3.8, 4) is 6.07 Å². The standard InChI is InChI=1S/C18H17ClN2O4/c1-17-7-12(22)18(25-17)4-5-24-16-14(18)13(17)15(23)21(16)10-3-2-9(8-20)11(19)6-10/h2-3,6,12-14,16,22H,4-5,7H2,1H3/t12-,13+,14-,16-,17+,18-/m1/s1. The molecule has 4 aliphatic rings. The lowest BCUT2D eigenvalue weighted by atomic mass is 9.65. The first-order chi connectivity index (χ1) is 11.9. The highest BCUT2D eigenvalue weighted by atomic mass is 35.5. The van der Waals surface area contributed by atoms with Gasteiger partial charge < -0.3 is 14.6 Å². The summed E-state index contributed by atoms with van der Waals surface area (Å²) in [5, 5.41) is 20.0. The third kappa shape index (κ3) is 1.72. The van der Waals surface area contributed by atoms with E-state index in [2.05, 4.69) is 0 Å². The van der Waals surface area contributed by atoms with Crippen LogP contribution in [0.2, 0.25) is 5.02 Å². The number of aliphatic hydroxyl groups is 1. The van der Waals surface area contributed by atoms with E-state index < -0.39 is 23.5 Å². The van der Waals surface area contributed by atoms with Gasteiger partial charge in [0.2, 0.25) is 5.91 Å². The number of fused-ring (bicyclic) bond motifs is 2. The van der Waals surface area contributed by atoms with Gasteiger partial charge in [0.05, 0.1) is 40.7 Å². The zero-order valence-corrected chi connectivity index (χ0v) is 14.4. The number of nitrogens with zero attached hydrogens (tertiary/aromatic N) is 2. The van der Waals surface area contributed by atoms with Crippen LogP contribution in [-0.4, -0.2) is 41.2 Å². The Bertz CT molecular complexity index is 839. The van der Waals surface area contributed by atoms with Crippen LogP contribution in [0, 0.1) is 23.2 Å². The van der Waals surface area contributed by atoms with Gasteiger partial charge in [-0.2, -0.15) is 5.26 Å². The average Bonchev–Trinajstić information content (AvgIpc) is 3.11. The Morgan fingerprint density at radius 1 is 1.48 bits per heavy atom. The van der Waals surface area contributed by atoms with Crippen LogP contribution in [0.25, 0.3) is 0 Å². The van der Waals surface area contributed by atoms with Crippen molar-refractivity contribution in [1.82, 2.24) is 0 Å². The first kappa shape index (κ1) is 15.6. The SMILES string of the molecule is C[C@]12C[C@@H](O)[C@@]3(CCO[C@@H]4[C@H]3[C@H]1C(=O)N4c1ccc(C#N)c(Cl)c1)O2. The summed E-state index contributed by atoms with van der Waals surface area (Å²) in [5.41, 5.74) is -0.395. The highest BCUT2D eigenvalue weighted by Crippen LogP contribution is 2.65. The number of amides is 1. The Kier molecular flexibility index (Phi) is 2.96. The quantitative estimate of drug-likeness (QED) is 0.826. The number of halogens is 1. The number of carbonyl (C=O) groups is 1. The Labute approximate surface area is 149 Å². The minimum Gasteiger partial charge on any atom is -0.390 e. The summed E-state index contributed by atoms with van der Waals surface area (Å²) >= 11 is 6.16. The number of ether oxygens (including phenoxy) is 2. The molecule has 4 saturated heterocycles. The maximum absolute atomic E-state index is 13.3. The van der Waals surface area contributed by atoms with Crippen molar-refractivity contribution in [2.45, 2.75) is 43.3 Å². The fourth-order valence-electron chi connectivity index (χ4n) is 5.42. The van der Waals surface area contributed by atoms with E-state index in [-0.39, 0.29) is 17.7 Å². The molecular formula is C18H17ClN2O4. The van der Waals surface area contributed by atoms with E-state index in [0.29, 0.717) is 35.7 Å². The van der Waals surface area contributed by atoms with Crippen molar-refractivity contribution in [3.63, 3.8) is 0 Å². The molecule has 130 valence electrons. The molecule has 4 aliphatic heterocycles. The van der Waals surface area contributed by atoms with Gasteiger partial charge in [0.1, 0.15) is 17.9 Å². The van der Waals surface area contributed by atoms with Gasteiger partial charge in [0.15, 0.2) is 0 Å². The molecule has 4 heterocycles. The van der Waals surface area contributed by atoms with E-state index >= 15 is 0 Å². The average molecular weight is 361 g/mol. The van der Waals surface area contributed by atoms with E-state index in [9.17, 15) is 9.90 Å². The van der Waals surface area contributed by atoms with Crippen molar-refractivity contribution in [2.24, 2.45) is 11.8 Å². The molecule has 6 nitrogen and oxygen atoms in total. The zero-order chi connectivity index (χ0) is 17.6. The van der Waals surface area contributed by atoms with Crippen LogP contribution in [0.1, 0.15) is 25.3 Å². The molecule has 4 fully saturated rings. The van der Waals surface area contributed by atoms with Gasteiger partial charge in [-0.3, -0.25) is 9.69 Å². The topological polar surface area (TPSA) is 82.8 Å². The first-order valence-corrected chi connectivity index (χ1v) is 8.82. The Morgan fingerprint density at radius 2 is 2.28 bits per heavy atom. The lowest BCUT2D eigenvalue weighted by molar-refractivity contribution is -0.163. The van der Waals surface area contributed by atoms with Crippen molar-refractivity contribution in [3.05, 3.63) is 28.8 Å². The van der Waals surface area contributed by atoms with Crippen LogP contribution in [0.4, 0.5) is 5.69 Å². The molecule has 7 heteroatoms. The second-order valence-corrected chi connectivity index (χ2v) is 8.00. The van der Waals surface area contributed by atoms with E-state index in [4.69, 9.17) is 26.3 Å². The van der Waals surface area contributed by atoms with Crippen LogP contribution in [0.5, 0.6) is 0 Å². The number of benzene rings is 1. The maximum atomic E-state index is 13.3. The molecule has 2 bridgehead atoms. The van der Waals surface area contributed by atoms with Gasteiger partial charge in [0.25, 0.3) is 0 Å². The van der Waals surface area contributed by atoms with E-state index in [1.165, 1.54) is 0 Å². The largest absolute Gasteiger partial charge is 0.390 e. The fraction of sp³-hybridized carbons (Fsp3) is 0.556. The molecule has 1 N–H and O–H groups in total. The Hall–Kier alpha value is -1.65. The van der Waals surface area contributed by atoms with Crippen LogP contribution in [0.15, 0.2) is 18.2 Å².